The van der Waals surface area contributed by atoms with E-state index in [9.17, 15) is 4.79 Å². The van der Waals surface area contributed by atoms with Crippen molar-refractivity contribution >= 4 is 11.6 Å². The maximum atomic E-state index is 13.2. The Kier molecular flexibility index (Phi) is 6.89. The lowest BCUT2D eigenvalue weighted by Crippen LogP contribution is -2.21. The standard InChI is InChI=1S/C27H27ClN4O3/c1-17-9-10-19(21-11-12-29-26(31-21)27(2,3)4)14-22(17)32-16-30-24(23(28)25(32)33)35-15-18-7-6-8-20(13-18)34-5/h6-14,16H,15H2,1-5H3. The minimum absolute atomic E-state index is 0.0789. The van der Waals surface area contributed by atoms with Crippen molar-refractivity contribution in [1.82, 2.24) is 19.5 Å². The van der Waals surface area contributed by atoms with Gasteiger partial charge in [0, 0.05) is 17.2 Å². The van der Waals surface area contributed by atoms with Gasteiger partial charge < -0.3 is 9.47 Å². The zero-order chi connectivity index (χ0) is 25.2. The Hall–Kier alpha value is -3.71. The van der Waals surface area contributed by atoms with E-state index in [0.717, 1.165) is 28.2 Å². The molecule has 0 aliphatic heterocycles. The van der Waals surface area contributed by atoms with Crippen molar-refractivity contribution < 1.29 is 9.47 Å². The number of ether oxygens (including phenoxy) is 2. The first-order valence-electron chi connectivity index (χ1n) is 11.1. The molecule has 0 spiro atoms. The van der Waals surface area contributed by atoms with Crippen molar-refractivity contribution in [3.63, 3.8) is 0 Å². The number of rotatable bonds is 6. The summed E-state index contributed by atoms with van der Waals surface area (Å²) in [6.45, 7) is 8.33. The Morgan fingerprint density at radius 2 is 1.86 bits per heavy atom. The molecule has 7 nitrogen and oxygen atoms in total. The van der Waals surface area contributed by atoms with E-state index in [4.69, 9.17) is 26.1 Å². The van der Waals surface area contributed by atoms with Crippen LogP contribution in [-0.4, -0.2) is 26.6 Å². The first-order valence-corrected chi connectivity index (χ1v) is 11.5. The number of hydrogen-bond donors (Lipinski definition) is 0. The molecule has 0 amide bonds. The van der Waals surface area contributed by atoms with E-state index in [1.165, 1.54) is 10.9 Å². The summed E-state index contributed by atoms with van der Waals surface area (Å²) in [6, 6.07) is 15.1. The Morgan fingerprint density at radius 3 is 2.60 bits per heavy atom. The lowest BCUT2D eigenvalue weighted by Gasteiger charge is -2.17. The van der Waals surface area contributed by atoms with E-state index in [2.05, 4.69) is 30.7 Å². The topological polar surface area (TPSA) is 79.1 Å². The molecule has 4 rings (SSSR count). The van der Waals surface area contributed by atoms with Crippen molar-refractivity contribution in [3.8, 4) is 28.6 Å². The van der Waals surface area contributed by atoms with Crippen LogP contribution in [0.3, 0.4) is 0 Å². The monoisotopic (exact) mass is 490 g/mol. The average molecular weight is 491 g/mol. The van der Waals surface area contributed by atoms with Gasteiger partial charge in [0.25, 0.3) is 5.56 Å². The summed E-state index contributed by atoms with van der Waals surface area (Å²) in [5.41, 5.74) is 3.46. The summed E-state index contributed by atoms with van der Waals surface area (Å²) >= 11 is 6.39. The Morgan fingerprint density at radius 1 is 1.06 bits per heavy atom. The summed E-state index contributed by atoms with van der Waals surface area (Å²) in [5, 5.41) is -0.0859. The van der Waals surface area contributed by atoms with E-state index >= 15 is 0 Å². The number of methoxy groups -OCH3 is 1. The van der Waals surface area contributed by atoms with Crippen LogP contribution in [0.1, 0.15) is 37.7 Å². The van der Waals surface area contributed by atoms with Crippen LogP contribution in [0.2, 0.25) is 5.02 Å². The van der Waals surface area contributed by atoms with Gasteiger partial charge in [-0.25, -0.2) is 15.0 Å². The Labute approximate surface area is 209 Å². The molecule has 0 radical (unpaired) electrons. The SMILES string of the molecule is COc1cccc(COc2ncn(-c3cc(-c4ccnc(C(C)(C)C)n4)ccc3C)c(=O)c2Cl)c1. The van der Waals surface area contributed by atoms with Gasteiger partial charge in [0.15, 0.2) is 5.02 Å². The second kappa shape index (κ2) is 9.88. The number of hydrogen-bond acceptors (Lipinski definition) is 6. The predicted octanol–water partition coefficient (Wildman–Crippen LogP) is 5.54. The van der Waals surface area contributed by atoms with Crippen LogP contribution in [0.5, 0.6) is 11.6 Å². The van der Waals surface area contributed by atoms with Gasteiger partial charge in [-0.2, -0.15) is 0 Å². The minimum Gasteiger partial charge on any atom is -0.497 e. The molecule has 35 heavy (non-hydrogen) atoms. The lowest BCUT2D eigenvalue weighted by atomic mass is 9.95. The third kappa shape index (κ3) is 5.35. The normalized spacial score (nSPS) is 11.4. The zero-order valence-electron chi connectivity index (χ0n) is 20.4. The number of aryl methyl sites for hydroxylation is 1. The smallest absolute Gasteiger partial charge is 0.280 e. The van der Waals surface area contributed by atoms with Crippen molar-refractivity contribution in [2.24, 2.45) is 0 Å². The molecule has 2 heterocycles. The highest BCUT2D eigenvalue weighted by molar-refractivity contribution is 6.31. The van der Waals surface area contributed by atoms with Gasteiger partial charge >= 0.3 is 0 Å². The fourth-order valence-electron chi connectivity index (χ4n) is 3.51. The highest BCUT2D eigenvalue weighted by Crippen LogP contribution is 2.26. The quantitative estimate of drug-likeness (QED) is 0.353. The zero-order valence-corrected chi connectivity index (χ0v) is 21.1. The summed E-state index contributed by atoms with van der Waals surface area (Å²) in [5.74, 6) is 1.54. The highest BCUT2D eigenvalue weighted by atomic mass is 35.5. The Balaban J connectivity index is 1.65. The lowest BCUT2D eigenvalue weighted by molar-refractivity contribution is 0.291. The summed E-state index contributed by atoms with van der Waals surface area (Å²) < 4.78 is 12.4. The molecule has 0 N–H and O–H groups in total. The van der Waals surface area contributed by atoms with Gasteiger partial charge in [-0.1, -0.05) is 56.6 Å². The van der Waals surface area contributed by atoms with Crippen LogP contribution < -0.4 is 15.0 Å². The van der Waals surface area contributed by atoms with Gasteiger partial charge in [-0.3, -0.25) is 9.36 Å². The molecule has 0 aliphatic rings. The molecule has 0 saturated heterocycles. The number of aromatic nitrogens is 4. The van der Waals surface area contributed by atoms with E-state index in [0.29, 0.717) is 11.4 Å². The van der Waals surface area contributed by atoms with E-state index in [1.54, 1.807) is 13.3 Å². The molecule has 0 fully saturated rings. The molecule has 8 heteroatoms. The first-order chi connectivity index (χ1) is 16.7. The number of nitrogens with zero attached hydrogens (tertiary/aromatic N) is 4. The summed E-state index contributed by atoms with van der Waals surface area (Å²) in [6.07, 6.45) is 3.18. The fraction of sp³-hybridized carbons (Fsp3) is 0.259. The highest BCUT2D eigenvalue weighted by Gasteiger charge is 2.19. The van der Waals surface area contributed by atoms with Crippen LogP contribution in [0.15, 0.2) is 65.8 Å². The third-order valence-corrected chi connectivity index (χ3v) is 5.81. The average Bonchev–Trinajstić information content (AvgIpc) is 2.85. The van der Waals surface area contributed by atoms with Crippen molar-refractivity contribution in [3.05, 3.63) is 93.4 Å². The van der Waals surface area contributed by atoms with Crippen molar-refractivity contribution in [1.29, 1.82) is 0 Å². The van der Waals surface area contributed by atoms with Crippen LogP contribution in [-0.2, 0) is 12.0 Å². The first kappa shape index (κ1) is 24.4. The van der Waals surface area contributed by atoms with Gasteiger partial charge in [0.2, 0.25) is 5.88 Å². The van der Waals surface area contributed by atoms with Gasteiger partial charge in [-0.15, -0.1) is 0 Å². The molecular weight excluding hydrogens is 464 g/mol. The largest absolute Gasteiger partial charge is 0.497 e. The molecule has 0 aliphatic carbocycles. The van der Waals surface area contributed by atoms with E-state index < -0.39 is 5.56 Å². The summed E-state index contributed by atoms with van der Waals surface area (Å²) in [4.78, 5) is 26.6. The third-order valence-electron chi connectivity index (χ3n) is 5.49. The second-order valence-corrected chi connectivity index (χ2v) is 9.57. The van der Waals surface area contributed by atoms with Crippen LogP contribution in [0.25, 0.3) is 16.9 Å². The van der Waals surface area contributed by atoms with Crippen LogP contribution in [0.4, 0.5) is 0 Å². The van der Waals surface area contributed by atoms with Gasteiger partial charge in [0.05, 0.1) is 18.5 Å². The molecule has 0 unspecified atom stereocenters. The van der Waals surface area contributed by atoms with Crippen molar-refractivity contribution in [2.75, 3.05) is 7.11 Å². The molecule has 0 saturated carbocycles. The minimum atomic E-state index is -0.416. The molecule has 2 aromatic carbocycles. The number of benzene rings is 2. The molecule has 4 aromatic rings. The number of halogens is 1. The van der Waals surface area contributed by atoms with Gasteiger partial charge in [-0.05, 0) is 42.3 Å². The fourth-order valence-corrected chi connectivity index (χ4v) is 3.71. The maximum Gasteiger partial charge on any atom is 0.280 e. The maximum absolute atomic E-state index is 13.2. The van der Waals surface area contributed by atoms with Gasteiger partial charge in [0.1, 0.15) is 24.5 Å². The molecule has 0 atom stereocenters. The van der Waals surface area contributed by atoms with E-state index in [1.807, 2.05) is 55.5 Å². The molecule has 2 aromatic heterocycles. The van der Waals surface area contributed by atoms with Crippen LogP contribution in [0, 0.1) is 6.92 Å². The second-order valence-electron chi connectivity index (χ2n) is 9.20. The molecular formula is C27H27ClN4O3. The predicted molar refractivity (Wildman–Crippen MR) is 137 cm³/mol. The molecule has 0 bridgehead atoms. The van der Waals surface area contributed by atoms with Crippen molar-refractivity contribution in [2.45, 2.75) is 39.7 Å². The van der Waals surface area contributed by atoms with Crippen LogP contribution >= 0.6 is 11.6 Å². The molecule has 180 valence electrons. The Bertz CT molecular complexity index is 1430. The van der Waals surface area contributed by atoms with E-state index in [-0.39, 0.29) is 22.9 Å². The summed E-state index contributed by atoms with van der Waals surface area (Å²) in [7, 11) is 1.60.